The summed E-state index contributed by atoms with van der Waals surface area (Å²) in [7, 11) is 1.20. The molecule has 1 aromatic rings. The van der Waals surface area contributed by atoms with Crippen LogP contribution in [0, 0.1) is 22.7 Å². The summed E-state index contributed by atoms with van der Waals surface area (Å²) in [5, 5.41) is 84.3. The smallest absolute Gasteiger partial charge is 0.334 e. The van der Waals surface area contributed by atoms with Crippen molar-refractivity contribution in [1.82, 2.24) is 0 Å². The molecule has 0 aromatic carbocycles. The lowest BCUT2D eigenvalue weighted by Gasteiger charge is -2.61. The zero-order chi connectivity index (χ0) is 36.3. The van der Waals surface area contributed by atoms with E-state index >= 15 is 0 Å². The van der Waals surface area contributed by atoms with Crippen molar-refractivity contribution < 1.29 is 83.3 Å². The number of hydrogen-bond donors (Lipinski definition) is 8. The van der Waals surface area contributed by atoms with Gasteiger partial charge in [0, 0.05) is 16.6 Å². The van der Waals surface area contributed by atoms with Crippen molar-refractivity contribution >= 4 is 11.9 Å². The number of methoxy groups -OCH3 is 1. The van der Waals surface area contributed by atoms with Crippen molar-refractivity contribution in [3.8, 4) is 0 Å². The van der Waals surface area contributed by atoms with E-state index in [1.807, 2.05) is 6.92 Å². The molecule has 4 fully saturated rings. The van der Waals surface area contributed by atoms with E-state index in [4.69, 9.17) is 32.8 Å². The highest BCUT2D eigenvalue weighted by Gasteiger charge is 2.66. The van der Waals surface area contributed by atoms with Gasteiger partial charge >= 0.3 is 11.9 Å². The van der Waals surface area contributed by atoms with E-state index in [0.29, 0.717) is 12.0 Å². The molecule has 17 unspecified atom stereocenters. The summed E-state index contributed by atoms with van der Waals surface area (Å²) < 4.78 is 39.2. The average molecular weight is 715 g/mol. The summed E-state index contributed by atoms with van der Waals surface area (Å²) in [4.78, 5) is 26.8. The first-order chi connectivity index (χ1) is 23.7. The normalized spacial score (nSPS) is 47.8. The second kappa shape index (κ2) is 14.1. The van der Waals surface area contributed by atoms with Gasteiger partial charge < -0.3 is 73.7 Å². The fourth-order valence-corrected chi connectivity index (χ4v) is 8.73. The molecule has 3 saturated heterocycles. The molecule has 17 nitrogen and oxygen atoms in total. The molecule has 1 saturated carbocycles. The molecule has 8 N–H and O–H groups in total. The second-order valence-electron chi connectivity index (χ2n) is 14.3. The van der Waals surface area contributed by atoms with Gasteiger partial charge in [0.05, 0.1) is 51.0 Å². The van der Waals surface area contributed by atoms with Crippen LogP contribution in [0.25, 0.3) is 0 Å². The molecule has 1 aromatic heterocycles. The predicted molar refractivity (Wildman–Crippen MR) is 162 cm³/mol. The Morgan fingerprint density at radius 2 is 1.56 bits per heavy atom. The number of furan rings is 1. The predicted octanol–water partition coefficient (Wildman–Crippen LogP) is -2.21. The third-order valence-corrected chi connectivity index (χ3v) is 11.6. The van der Waals surface area contributed by atoms with E-state index < -0.39 is 128 Å². The van der Waals surface area contributed by atoms with Crippen molar-refractivity contribution in [2.24, 2.45) is 22.7 Å². The minimum absolute atomic E-state index is 0.0327. The van der Waals surface area contributed by atoms with Crippen LogP contribution in [-0.4, -0.2) is 147 Å². The number of rotatable bonds is 8. The fourth-order valence-electron chi connectivity index (χ4n) is 8.73. The molecule has 0 spiro atoms. The lowest BCUT2D eigenvalue weighted by atomic mass is 9.44. The molecule has 17 atom stereocenters. The number of cyclic esters (lactones) is 1. The van der Waals surface area contributed by atoms with Crippen LogP contribution in [-0.2, 0) is 38.0 Å². The van der Waals surface area contributed by atoms with Gasteiger partial charge in [-0.3, -0.25) is 4.79 Å². The largest absolute Gasteiger partial charge is 0.472 e. The van der Waals surface area contributed by atoms with Crippen molar-refractivity contribution in [1.29, 1.82) is 0 Å². The molecule has 4 heterocycles. The van der Waals surface area contributed by atoms with Gasteiger partial charge in [0.2, 0.25) is 0 Å². The van der Waals surface area contributed by atoms with Gasteiger partial charge in [-0.1, -0.05) is 13.8 Å². The van der Waals surface area contributed by atoms with Gasteiger partial charge in [0.25, 0.3) is 0 Å². The Morgan fingerprint density at radius 3 is 2.20 bits per heavy atom. The Kier molecular flexibility index (Phi) is 10.5. The maximum Gasteiger partial charge on any atom is 0.334 e. The standard InChI is InChI=1S/C33H46O17/c1-32-9-17(13-4-5-45-12-13)47-29(43)15(32)8-21(36)33(2)16(28(42)44-3)6-14(7-20(32)33)46-30-26(41)24(39)27(19(11-35)49-30)50-31-25(40)23(38)22(37)18(10-34)48-31/h4-6,12,14-15,17-27,30-31,34-41H,7-11H2,1-3H3. The van der Waals surface area contributed by atoms with Crippen molar-refractivity contribution in [2.45, 2.75) is 113 Å². The minimum atomic E-state index is -1.83. The summed E-state index contributed by atoms with van der Waals surface area (Å²) >= 11 is 0. The third-order valence-electron chi connectivity index (χ3n) is 11.6. The Morgan fingerprint density at radius 1 is 0.900 bits per heavy atom. The van der Waals surface area contributed by atoms with Gasteiger partial charge in [-0.05, 0) is 42.7 Å². The van der Waals surface area contributed by atoms with Gasteiger partial charge in [0.1, 0.15) is 54.9 Å². The first-order valence-corrected chi connectivity index (χ1v) is 16.6. The van der Waals surface area contributed by atoms with Crippen LogP contribution in [0.3, 0.4) is 0 Å². The average Bonchev–Trinajstić information content (AvgIpc) is 3.64. The number of aliphatic hydroxyl groups is 8. The zero-order valence-electron chi connectivity index (χ0n) is 27.8. The maximum absolute atomic E-state index is 13.5. The first-order valence-electron chi connectivity index (χ1n) is 16.6. The summed E-state index contributed by atoms with van der Waals surface area (Å²) in [6, 6.07) is 1.70. The molecular weight excluding hydrogens is 668 g/mol. The van der Waals surface area contributed by atoms with E-state index in [9.17, 15) is 50.4 Å². The van der Waals surface area contributed by atoms with E-state index in [0.717, 1.165) is 0 Å². The van der Waals surface area contributed by atoms with Crippen LogP contribution in [0.1, 0.15) is 44.8 Å². The molecule has 0 amide bonds. The molecule has 6 rings (SSSR count). The highest BCUT2D eigenvalue weighted by Crippen LogP contribution is 2.65. The maximum atomic E-state index is 13.5. The van der Waals surface area contributed by atoms with Gasteiger partial charge in [-0.15, -0.1) is 0 Å². The highest BCUT2D eigenvalue weighted by atomic mass is 16.7. The number of fused-ring (bicyclic) bond motifs is 3. The monoisotopic (exact) mass is 714 g/mol. The van der Waals surface area contributed by atoms with Crippen LogP contribution in [0.5, 0.6) is 0 Å². The van der Waals surface area contributed by atoms with E-state index in [-0.39, 0.29) is 18.4 Å². The minimum Gasteiger partial charge on any atom is -0.472 e. The molecule has 17 heteroatoms. The van der Waals surface area contributed by atoms with Crippen LogP contribution >= 0.6 is 0 Å². The summed E-state index contributed by atoms with van der Waals surface area (Å²) in [5.74, 6) is -2.54. The Bertz CT molecular complexity index is 1400. The highest BCUT2D eigenvalue weighted by molar-refractivity contribution is 5.91. The third kappa shape index (κ3) is 6.10. The number of esters is 2. The van der Waals surface area contributed by atoms with Crippen LogP contribution in [0.2, 0.25) is 0 Å². The topological polar surface area (TPSA) is 264 Å². The zero-order valence-corrected chi connectivity index (χ0v) is 27.8. The molecule has 3 aliphatic heterocycles. The number of ether oxygens (including phenoxy) is 6. The van der Waals surface area contributed by atoms with E-state index in [1.165, 1.54) is 25.7 Å². The van der Waals surface area contributed by atoms with Gasteiger partial charge in [0.15, 0.2) is 12.6 Å². The summed E-state index contributed by atoms with van der Waals surface area (Å²) in [6.07, 6.45) is -14.4. The molecule has 2 aliphatic carbocycles. The summed E-state index contributed by atoms with van der Waals surface area (Å²) in [5.41, 5.74) is -1.29. The van der Waals surface area contributed by atoms with Crippen molar-refractivity contribution in [2.75, 3.05) is 20.3 Å². The quantitative estimate of drug-likeness (QED) is 0.133. The Labute approximate surface area is 286 Å². The van der Waals surface area contributed by atoms with Gasteiger partial charge in [-0.2, -0.15) is 0 Å². The lowest BCUT2D eigenvalue weighted by Crippen LogP contribution is -2.65. The van der Waals surface area contributed by atoms with Gasteiger partial charge in [-0.25, -0.2) is 4.79 Å². The molecule has 280 valence electrons. The Balaban J connectivity index is 1.26. The summed E-state index contributed by atoms with van der Waals surface area (Å²) in [6.45, 7) is 2.15. The molecule has 0 radical (unpaired) electrons. The molecule has 50 heavy (non-hydrogen) atoms. The van der Waals surface area contributed by atoms with Crippen LogP contribution in [0.15, 0.2) is 34.7 Å². The van der Waals surface area contributed by atoms with E-state index in [1.54, 1.807) is 13.0 Å². The number of hydrogen-bond acceptors (Lipinski definition) is 17. The lowest BCUT2D eigenvalue weighted by molar-refractivity contribution is -0.362. The second-order valence-corrected chi connectivity index (χ2v) is 14.3. The van der Waals surface area contributed by atoms with Crippen molar-refractivity contribution in [3.05, 3.63) is 35.8 Å². The molecule has 0 bridgehead atoms. The molecular formula is C33H46O17. The SMILES string of the molecule is COC(=O)C1=CC(OC2OC(CO)C(OC3OC(CO)C(O)C(O)C3O)C(O)C2O)CC2C3(C)CC(c4ccoc4)OC(=O)C3CC(O)C12C. The van der Waals surface area contributed by atoms with E-state index in [2.05, 4.69) is 0 Å². The van der Waals surface area contributed by atoms with Crippen molar-refractivity contribution in [3.63, 3.8) is 0 Å². The number of carbonyl (C=O) groups is 2. The number of aliphatic hydroxyl groups excluding tert-OH is 8. The fraction of sp³-hybridized carbons (Fsp3) is 0.758. The van der Waals surface area contributed by atoms with Crippen LogP contribution in [0.4, 0.5) is 0 Å². The van der Waals surface area contributed by atoms with Crippen LogP contribution < -0.4 is 0 Å². The first kappa shape index (κ1) is 37.2. The molecule has 5 aliphatic rings. The number of carbonyl (C=O) groups excluding carboxylic acids is 2. The Hall–Kier alpha value is -2.52.